The van der Waals surface area contributed by atoms with Crippen molar-refractivity contribution in [2.75, 3.05) is 78.7 Å². The highest BCUT2D eigenvalue weighted by Gasteiger charge is 2.36. The molecule has 0 aromatic rings. The van der Waals surface area contributed by atoms with Crippen LogP contribution in [-0.2, 0) is 33.5 Å². The van der Waals surface area contributed by atoms with E-state index in [1.165, 1.54) is 38.5 Å². The second-order valence-corrected chi connectivity index (χ2v) is 17.1. The number of carbonyl (C=O) groups excluding carboxylic acids is 3. The van der Waals surface area contributed by atoms with Gasteiger partial charge in [-0.25, -0.2) is 4.79 Å². The molecule has 3 N–H and O–H groups in total. The summed E-state index contributed by atoms with van der Waals surface area (Å²) in [5.74, 6) is 1.25. The Labute approximate surface area is 327 Å². The van der Waals surface area contributed by atoms with Gasteiger partial charge in [0.2, 0.25) is 23.6 Å². The molecule has 0 radical (unpaired) electrons. The Morgan fingerprint density at radius 1 is 0.727 bits per heavy atom. The lowest BCUT2D eigenvalue weighted by molar-refractivity contribution is -0.135. The van der Waals surface area contributed by atoms with Gasteiger partial charge < -0.3 is 44.7 Å². The molecule has 0 aliphatic carbocycles. The standard InChI is InChI=1S/C22H38N4O5.C17H30N4O3/c1-16(23-21(28)31-22(2,3)4)20(27)26-12-8-9-17(13-26)19-24-29-15-18(30-19)14-25-10-6-5-7-11-25;1-13(18)17(22)21-9-5-6-14(10-21)16-19-23-12-15(24-16)11-20-7-3-2-4-8-20/h16-18H,5-15H2,1-4H3,(H,23,28);13-15H,2-12,18H2,1H3/t16-,17?,18?;13-,14?,15?/m00/s1. The third kappa shape index (κ3) is 13.7. The molecule has 16 heteroatoms. The molecule has 0 aromatic heterocycles. The number of amides is 3. The number of hydrogen-bond acceptors (Lipinski definition) is 13. The highest BCUT2D eigenvalue weighted by molar-refractivity contribution is 5.87. The van der Waals surface area contributed by atoms with Crippen LogP contribution in [-0.4, -0.2) is 158 Å². The molecule has 0 saturated carbocycles. The van der Waals surface area contributed by atoms with Gasteiger partial charge in [0.15, 0.2) is 13.2 Å². The van der Waals surface area contributed by atoms with Gasteiger partial charge in [-0.15, -0.1) is 0 Å². The maximum atomic E-state index is 12.9. The van der Waals surface area contributed by atoms with Gasteiger partial charge in [0.25, 0.3) is 0 Å². The van der Waals surface area contributed by atoms with E-state index in [-0.39, 0.29) is 35.9 Å². The number of carbonyl (C=O) groups is 3. The first-order valence-electron chi connectivity index (χ1n) is 20.8. The van der Waals surface area contributed by atoms with E-state index in [2.05, 4.69) is 25.4 Å². The number of hydrogen-bond donors (Lipinski definition) is 2. The second kappa shape index (κ2) is 20.7. The maximum absolute atomic E-state index is 12.9. The molecular formula is C39H68N8O8. The Balaban J connectivity index is 0.000000218. The molecule has 6 rings (SSSR count). The molecule has 3 amide bonds. The monoisotopic (exact) mass is 777 g/mol. The lowest BCUT2D eigenvalue weighted by Crippen LogP contribution is -2.52. The van der Waals surface area contributed by atoms with Crippen molar-refractivity contribution in [3.05, 3.63) is 0 Å². The van der Waals surface area contributed by atoms with Crippen molar-refractivity contribution in [2.45, 2.75) is 129 Å². The highest BCUT2D eigenvalue weighted by atomic mass is 16.7. The van der Waals surface area contributed by atoms with E-state index in [0.717, 1.165) is 71.5 Å². The van der Waals surface area contributed by atoms with Crippen LogP contribution in [0.4, 0.5) is 4.79 Å². The van der Waals surface area contributed by atoms with Crippen LogP contribution in [0.15, 0.2) is 10.3 Å². The van der Waals surface area contributed by atoms with Gasteiger partial charge in [-0.2, -0.15) is 0 Å². The van der Waals surface area contributed by atoms with Crippen LogP contribution in [0.3, 0.4) is 0 Å². The van der Waals surface area contributed by atoms with Gasteiger partial charge >= 0.3 is 6.09 Å². The minimum Gasteiger partial charge on any atom is -0.470 e. The van der Waals surface area contributed by atoms with Crippen molar-refractivity contribution in [2.24, 2.45) is 27.9 Å². The molecule has 6 heterocycles. The van der Waals surface area contributed by atoms with Gasteiger partial charge in [-0.05, 0) is 112 Å². The zero-order valence-corrected chi connectivity index (χ0v) is 34.0. The molecule has 6 aliphatic heterocycles. The first-order chi connectivity index (χ1) is 26.3. The van der Waals surface area contributed by atoms with E-state index < -0.39 is 23.8 Å². The fourth-order valence-corrected chi connectivity index (χ4v) is 8.07. The molecule has 0 aromatic carbocycles. The van der Waals surface area contributed by atoms with Gasteiger partial charge in [0.1, 0.15) is 23.9 Å². The lowest BCUT2D eigenvalue weighted by atomic mass is 9.97. The number of piperidine rings is 4. The predicted molar refractivity (Wildman–Crippen MR) is 208 cm³/mol. The average Bonchev–Trinajstić information content (AvgIpc) is 3.18. The largest absolute Gasteiger partial charge is 0.470 e. The Morgan fingerprint density at radius 3 is 1.62 bits per heavy atom. The van der Waals surface area contributed by atoms with Crippen LogP contribution >= 0.6 is 0 Å². The molecule has 312 valence electrons. The smallest absolute Gasteiger partial charge is 0.408 e. The summed E-state index contributed by atoms with van der Waals surface area (Å²) in [6.07, 6.45) is 10.8. The summed E-state index contributed by atoms with van der Waals surface area (Å²) in [5.41, 5.74) is 5.13. The number of nitrogens with one attached hydrogen (secondary N) is 1. The van der Waals surface area contributed by atoms with Crippen LogP contribution in [0.25, 0.3) is 0 Å². The molecule has 4 saturated heterocycles. The third-order valence-corrected chi connectivity index (χ3v) is 10.9. The van der Waals surface area contributed by atoms with E-state index in [1.54, 1.807) is 39.5 Å². The normalized spacial score (nSPS) is 27.9. The summed E-state index contributed by atoms with van der Waals surface area (Å²) < 4.78 is 17.6. The fraction of sp³-hybridized carbons (Fsp3) is 0.872. The van der Waals surface area contributed by atoms with Crippen LogP contribution in [0.5, 0.6) is 0 Å². The zero-order chi connectivity index (χ0) is 39.4. The highest BCUT2D eigenvalue weighted by Crippen LogP contribution is 2.25. The molecule has 6 atom stereocenters. The van der Waals surface area contributed by atoms with Gasteiger partial charge in [-0.3, -0.25) is 19.4 Å². The van der Waals surface area contributed by atoms with Crippen LogP contribution in [0, 0.1) is 11.8 Å². The molecule has 16 nitrogen and oxygen atoms in total. The molecule has 0 spiro atoms. The number of ether oxygens (including phenoxy) is 3. The van der Waals surface area contributed by atoms with Gasteiger partial charge in [0, 0.05) is 39.3 Å². The summed E-state index contributed by atoms with van der Waals surface area (Å²) in [6.45, 7) is 18.6. The van der Waals surface area contributed by atoms with Crippen molar-refractivity contribution < 1.29 is 38.3 Å². The number of nitrogens with two attached hydrogens (primary N) is 1. The topological polar surface area (TPSA) is 173 Å². The molecular weight excluding hydrogens is 708 g/mol. The van der Waals surface area contributed by atoms with E-state index in [1.807, 2.05) is 4.90 Å². The summed E-state index contributed by atoms with van der Waals surface area (Å²) in [4.78, 5) is 56.5. The predicted octanol–water partition coefficient (Wildman–Crippen LogP) is 3.14. The molecule has 6 aliphatic rings. The van der Waals surface area contributed by atoms with Crippen molar-refractivity contribution >= 4 is 29.7 Å². The number of nitrogens with zero attached hydrogens (tertiary/aromatic N) is 6. The minimum absolute atomic E-state index is 0.00175. The number of alkyl carbamates (subject to hydrolysis) is 1. The van der Waals surface area contributed by atoms with Crippen molar-refractivity contribution in [3.8, 4) is 0 Å². The summed E-state index contributed by atoms with van der Waals surface area (Å²) in [5, 5.41) is 11.0. The average molecular weight is 777 g/mol. The van der Waals surface area contributed by atoms with Crippen LogP contribution in [0.1, 0.15) is 98.8 Å². The van der Waals surface area contributed by atoms with E-state index in [0.29, 0.717) is 44.6 Å². The van der Waals surface area contributed by atoms with Crippen LogP contribution < -0.4 is 11.1 Å². The Morgan fingerprint density at radius 2 is 1.18 bits per heavy atom. The van der Waals surface area contributed by atoms with Gasteiger partial charge in [-0.1, -0.05) is 23.2 Å². The molecule has 4 unspecified atom stereocenters. The quantitative estimate of drug-likeness (QED) is 0.353. The van der Waals surface area contributed by atoms with Crippen molar-refractivity contribution in [1.82, 2.24) is 24.9 Å². The third-order valence-electron chi connectivity index (χ3n) is 10.9. The summed E-state index contributed by atoms with van der Waals surface area (Å²) in [6, 6.07) is -1.12. The SMILES string of the molecule is C[C@H](N)C(=O)N1CCCC(C2=NOCC(CN3CCCCC3)O2)C1.C[C@H](NC(=O)OC(C)(C)C)C(=O)N1CCCC(C2=NOCC(CN3CCCCC3)O2)C1. The first-order valence-corrected chi connectivity index (χ1v) is 20.8. The van der Waals surface area contributed by atoms with E-state index >= 15 is 0 Å². The van der Waals surface area contributed by atoms with Crippen LogP contribution in [0.2, 0.25) is 0 Å². The molecule has 55 heavy (non-hydrogen) atoms. The Hall–Kier alpha value is -3.37. The molecule has 4 fully saturated rings. The Kier molecular flexibility index (Phi) is 16.1. The second-order valence-electron chi connectivity index (χ2n) is 17.1. The summed E-state index contributed by atoms with van der Waals surface area (Å²) in [7, 11) is 0. The molecule has 0 bridgehead atoms. The van der Waals surface area contributed by atoms with Crippen molar-refractivity contribution in [1.29, 1.82) is 0 Å². The first kappa shape index (κ1) is 42.8. The number of likely N-dealkylation sites (tertiary alicyclic amines) is 4. The van der Waals surface area contributed by atoms with E-state index in [9.17, 15) is 14.4 Å². The minimum atomic E-state index is -0.661. The zero-order valence-electron chi connectivity index (χ0n) is 34.0. The van der Waals surface area contributed by atoms with Gasteiger partial charge in [0.05, 0.1) is 17.9 Å². The lowest BCUT2D eigenvalue weighted by Gasteiger charge is -2.37. The number of oxime groups is 2. The van der Waals surface area contributed by atoms with E-state index in [4.69, 9.17) is 29.6 Å². The van der Waals surface area contributed by atoms with Crippen molar-refractivity contribution in [3.63, 3.8) is 0 Å². The Bertz CT molecular complexity index is 1310. The number of rotatable bonds is 9. The summed E-state index contributed by atoms with van der Waals surface area (Å²) >= 11 is 0. The fourth-order valence-electron chi connectivity index (χ4n) is 8.07. The maximum Gasteiger partial charge on any atom is 0.408 e.